The second-order valence-electron chi connectivity index (χ2n) is 8.52. The molecule has 0 saturated carbocycles. The summed E-state index contributed by atoms with van der Waals surface area (Å²) in [7, 11) is 1.62. The molecule has 0 bridgehead atoms. The zero-order chi connectivity index (χ0) is 23.8. The Morgan fingerprint density at radius 2 is 1.53 bits per heavy atom. The molecule has 0 fully saturated rings. The van der Waals surface area contributed by atoms with Gasteiger partial charge >= 0.3 is 0 Å². The van der Waals surface area contributed by atoms with E-state index in [0.717, 1.165) is 23.4 Å². The van der Waals surface area contributed by atoms with Crippen LogP contribution in [0.3, 0.4) is 0 Å². The lowest BCUT2D eigenvalue weighted by Crippen LogP contribution is -2.38. The fourth-order valence-electron chi connectivity index (χ4n) is 4.25. The predicted molar refractivity (Wildman–Crippen MR) is 133 cm³/mol. The second-order valence-corrected chi connectivity index (χ2v) is 8.52. The predicted octanol–water partition coefficient (Wildman–Crippen LogP) is 3.92. The summed E-state index contributed by atoms with van der Waals surface area (Å²) in [6, 6.07) is 25.6. The van der Waals surface area contributed by atoms with Gasteiger partial charge in [-0.2, -0.15) is 0 Å². The van der Waals surface area contributed by atoms with E-state index >= 15 is 0 Å². The van der Waals surface area contributed by atoms with E-state index in [2.05, 4.69) is 29.2 Å². The number of nitrogens with zero attached hydrogens (tertiary/aromatic N) is 2. The molecule has 0 saturated heterocycles. The molecule has 1 N–H and O–H groups in total. The van der Waals surface area contributed by atoms with Crippen molar-refractivity contribution in [2.45, 2.75) is 25.5 Å². The van der Waals surface area contributed by atoms with Gasteiger partial charge in [-0.15, -0.1) is 0 Å². The molecule has 0 aromatic heterocycles. The van der Waals surface area contributed by atoms with Crippen molar-refractivity contribution in [1.29, 1.82) is 0 Å². The molecule has 4 rings (SSSR count). The summed E-state index contributed by atoms with van der Waals surface area (Å²) in [6.07, 6.45) is 0.461. The molecule has 1 aliphatic rings. The molecular weight excluding hydrogens is 428 g/mol. The first-order valence-corrected chi connectivity index (χ1v) is 11.7. The van der Waals surface area contributed by atoms with E-state index in [1.54, 1.807) is 7.11 Å². The number of methoxy groups -OCH3 is 1. The number of fused-ring (bicyclic) bond motifs is 1. The first kappa shape index (κ1) is 23.6. The van der Waals surface area contributed by atoms with Crippen LogP contribution in [0.1, 0.15) is 17.5 Å². The highest BCUT2D eigenvalue weighted by Crippen LogP contribution is 2.24. The van der Waals surface area contributed by atoms with Crippen LogP contribution in [-0.2, 0) is 17.8 Å². The first-order valence-electron chi connectivity index (χ1n) is 11.7. The Morgan fingerprint density at radius 3 is 2.29 bits per heavy atom. The zero-order valence-corrected chi connectivity index (χ0v) is 19.6. The van der Waals surface area contributed by atoms with Gasteiger partial charge in [0.1, 0.15) is 24.2 Å². The lowest BCUT2D eigenvalue weighted by molar-refractivity contribution is -0.131. The second kappa shape index (κ2) is 11.6. The minimum absolute atomic E-state index is 0.130. The summed E-state index contributed by atoms with van der Waals surface area (Å²) in [6.45, 7) is 2.38. The third-order valence-corrected chi connectivity index (χ3v) is 6.08. The minimum atomic E-state index is -0.702. The topological polar surface area (TPSA) is 62.2 Å². The number of benzene rings is 3. The molecule has 1 aliphatic heterocycles. The maximum absolute atomic E-state index is 13.1. The molecule has 0 spiro atoms. The molecule has 6 heteroatoms. The highest BCUT2D eigenvalue weighted by atomic mass is 16.5. The lowest BCUT2D eigenvalue weighted by atomic mass is 10.1. The van der Waals surface area contributed by atoms with Gasteiger partial charge in [-0.1, -0.05) is 48.5 Å². The normalized spacial score (nSPS) is 15.1. The molecule has 6 nitrogen and oxygen atoms in total. The summed E-state index contributed by atoms with van der Waals surface area (Å²) in [5, 5.41) is 10.7. The summed E-state index contributed by atoms with van der Waals surface area (Å²) in [5.74, 6) is 1.56. The molecule has 34 heavy (non-hydrogen) atoms. The molecule has 1 atom stereocenters. The van der Waals surface area contributed by atoms with E-state index in [0.29, 0.717) is 38.3 Å². The lowest BCUT2D eigenvalue weighted by Gasteiger charge is -2.28. The van der Waals surface area contributed by atoms with Crippen LogP contribution < -0.4 is 14.4 Å². The maximum atomic E-state index is 13.1. The third kappa shape index (κ3) is 6.29. The minimum Gasteiger partial charge on any atom is -0.497 e. The van der Waals surface area contributed by atoms with Crippen molar-refractivity contribution in [3.8, 4) is 11.5 Å². The standard InChI is InChI=1S/C28H32N2O4/c1-33-25-11-13-26(14-12-25)34-21-24(31)20-29-18-16-28(32)30(19-22-7-3-2-4-8-22)17-15-23-9-5-6-10-27(23)29/h2-14,24,31H,15-21H2,1H3. The number of ether oxygens (including phenoxy) is 2. The quantitative estimate of drug-likeness (QED) is 0.552. The van der Waals surface area contributed by atoms with Gasteiger partial charge in [-0.25, -0.2) is 0 Å². The van der Waals surface area contributed by atoms with Gasteiger partial charge in [-0.05, 0) is 47.9 Å². The van der Waals surface area contributed by atoms with Crippen LogP contribution in [0, 0.1) is 0 Å². The van der Waals surface area contributed by atoms with E-state index in [9.17, 15) is 9.90 Å². The van der Waals surface area contributed by atoms with Crippen molar-refractivity contribution in [3.63, 3.8) is 0 Å². The van der Waals surface area contributed by atoms with Crippen molar-refractivity contribution >= 4 is 11.6 Å². The Kier molecular flexibility index (Phi) is 8.04. The SMILES string of the molecule is COc1ccc(OCC(O)CN2CCC(=O)N(Cc3ccccc3)CCc3ccccc32)cc1. The number of anilines is 1. The van der Waals surface area contributed by atoms with Gasteiger partial charge in [0.25, 0.3) is 0 Å². The molecule has 1 amide bonds. The Bertz CT molecular complexity index is 1060. The summed E-state index contributed by atoms with van der Waals surface area (Å²) in [5.41, 5.74) is 3.38. The van der Waals surface area contributed by atoms with Crippen LogP contribution >= 0.6 is 0 Å². The average molecular weight is 461 g/mol. The van der Waals surface area contributed by atoms with Crippen molar-refractivity contribution in [2.24, 2.45) is 0 Å². The molecule has 0 radical (unpaired) electrons. The Morgan fingerprint density at radius 1 is 0.853 bits per heavy atom. The number of β-amino-alcohol motifs (C(OH)–C–C–N with tert-alkyl or cyclic N) is 1. The van der Waals surface area contributed by atoms with E-state index in [4.69, 9.17) is 9.47 Å². The Balaban J connectivity index is 1.42. The number of aliphatic hydroxyl groups is 1. The van der Waals surface area contributed by atoms with Crippen LogP contribution in [0.4, 0.5) is 5.69 Å². The van der Waals surface area contributed by atoms with Crippen molar-refractivity contribution in [3.05, 3.63) is 90.0 Å². The van der Waals surface area contributed by atoms with Gasteiger partial charge in [0.15, 0.2) is 0 Å². The van der Waals surface area contributed by atoms with Gasteiger partial charge in [-0.3, -0.25) is 4.79 Å². The van der Waals surface area contributed by atoms with Gasteiger partial charge < -0.3 is 24.4 Å². The van der Waals surface area contributed by atoms with Gasteiger partial charge in [0, 0.05) is 38.3 Å². The molecule has 3 aromatic carbocycles. The molecular formula is C28H32N2O4. The van der Waals surface area contributed by atoms with Crippen molar-refractivity contribution in [2.75, 3.05) is 38.3 Å². The monoisotopic (exact) mass is 460 g/mol. The number of hydrogen-bond donors (Lipinski definition) is 1. The summed E-state index contributed by atoms with van der Waals surface area (Å²) < 4.78 is 10.9. The molecule has 3 aromatic rings. The van der Waals surface area contributed by atoms with E-state index in [1.165, 1.54) is 5.56 Å². The van der Waals surface area contributed by atoms with Crippen LogP contribution in [0.15, 0.2) is 78.9 Å². The molecule has 0 aliphatic carbocycles. The fraction of sp³-hybridized carbons (Fsp3) is 0.321. The number of rotatable bonds is 8. The van der Waals surface area contributed by atoms with E-state index in [1.807, 2.05) is 59.5 Å². The number of aliphatic hydroxyl groups excluding tert-OH is 1. The number of para-hydroxylation sites is 1. The number of hydrogen-bond acceptors (Lipinski definition) is 5. The number of carbonyl (C=O) groups is 1. The fourth-order valence-corrected chi connectivity index (χ4v) is 4.25. The number of carbonyl (C=O) groups excluding carboxylic acids is 1. The largest absolute Gasteiger partial charge is 0.497 e. The summed E-state index contributed by atoms with van der Waals surface area (Å²) >= 11 is 0. The smallest absolute Gasteiger partial charge is 0.224 e. The average Bonchev–Trinajstić information content (AvgIpc) is 2.93. The number of amides is 1. The van der Waals surface area contributed by atoms with Crippen molar-refractivity contribution in [1.82, 2.24) is 4.90 Å². The van der Waals surface area contributed by atoms with Gasteiger partial charge in [0.05, 0.1) is 7.11 Å². The molecule has 178 valence electrons. The summed E-state index contributed by atoms with van der Waals surface area (Å²) in [4.78, 5) is 17.1. The van der Waals surface area contributed by atoms with E-state index in [-0.39, 0.29) is 12.5 Å². The molecule has 1 heterocycles. The van der Waals surface area contributed by atoms with Crippen LogP contribution in [0.25, 0.3) is 0 Å². The highest BCUT2D eigenvalue weighted by molar-refractivity contribution is 5.77. The first-order chi connectivity index (χ1) is 16.6. The van der Waals surface area contributed by atoms with Crippen molar-refractivity contribution < 1.29 is 19.4 Å². The maximum Gasteiger partial charge on any atom is 0.224 e. The van der Waals surface area contributed by atoms with Crippen LogP contribution in [-0.4, -0.2) is 55.4 Å². The third-order valence-electron chi connectivity index (χ3n) is 6.08. The highest BCUT2D eigenvalue weighted by Gasteiger charge is 2.22. The zero-order valence-electron chi connectivity index (χ0n) is 19.6. The van der Waals surface area contributed by atoms with Gasteiger partial charge in [0.2, 0.25) is 5.91 Å². The van der Waals surface area contributed by atoms with E-state index < -0.39 is 6.10 Å². The molecule has 1 unspecified atom stereocenters. The Hall–Kier alpha value is -3.51. The van der Waals surface area contributed by atoms with Crippen LogP contribution in [0.2, 0.25) is 0 Å². The van der Waals surface area contributed by atoms with Crippen LogP contribution in [0.5, 0.6) is 11.5 Å². The Labute approximate surface area is 201 Å².